The predicted octanol–water partition coefficient (Wildman–Crippen LogP) is 2.34. The molecule has 1 aromatic heterocycles. The minimum atomic E-state index is -0.0695. The quantitative estimate of drug-likeness (QED) is 0.817. The van der Waals surface area contributed by atoms with Gasteiger partial charge in [0.2, 0.25) is 5.91 Å². The number of ether oxygens (including phenoxy) is 1. The van der Waals surface area contributed by atoms with E-state index in [2.05, 4.69) is 10.3 Å². The number of carbonyl (C=O) groups is 1. The normalized spacial score (nSPS) is 23.3. The summed E-state index contributed by atoms with van der Waals surface area (Å²) < 4.78 is 4.99. The predicted molar refractivity (Wildman–Crippen MR) is 105 cm³/mol. The highest BCUT2D eigenvalue weighted by molar-refractivity contribution is 6.08. The van der Waals surface area contributed by atoms with Gasteiger partial charge in [0.05, 0.1) is 11.2 Å². The monoisotopic (exact) mass is 364 g/mol. The number of rotatable bonds is 4. The molecule has 0 aliphatic carbocycles. The topological polar surface area (TPSA) is 78.3 Å². The Balaban J connectivity index is 1.56. The van der Waals surface area contributed by atoms with Crippen molar-refractivity contribution in [3.05, 3.63) is 53.9 Å². The number of benzene rings is 1. The van der Waals surface area contributed by atoms with Gasteiger partial charge in [0.1, 0.15) is 6.61 Å². The van der Waals surface area contributed by atoms with Crippen LogP contribution in [0.5, 0.6) is 0 Å². The van der Waals surface area contributed by atoms with E-state index in [9.17, 15) is 4.79 Å². The molecular weight excluding hydrogens is 340 g/mol. The van der Waals surface area contributed by atoms with Gasteiger partial charge in [0.15, 0.2) is 0 Å². The first kappa shape index (κ1) is 17.7. The Labute approximate surface area is 158 Å². The van der Waals surface area contributed by atoms with Crippen LogP contribution < -0.4 is 5.32 Å². The van der Waals surface area contributed by atoms with Gasteiger partial charge in [-0.2, -0.15) is 0 Å². The summed E-state index contributed by atoms with van der Waals surface area (Å²) in [6.07, 6.45) is 5.58. The van der Waals surface area contributed by atoms with E-state index in [1.54, 1.807) is 13.3 Å². The van der Waals surface area contributed by atoms with Crippen molar-refractivity contribution in [1.29, 1.82) is 5.41 Å². The van der Waals surface area contributed by atoms with Gasteiger partial charge >= 0.3 is 0 Å². The molecule has 2 fully saturated rings. The molecule has 6 nitrogen and oxygen atoms in total. The summed E-state index contributed by atoms with van der Waals surface area (Å²) >= 11 is 0. The largest absolute Gasteiger partial charge is 0.388 e. The zero-order valence-electron chi connectivity index (χ0n) is 15.5. The average molecular weight is 364 g/mol. The van der Waals surface area contributed by atoms with Crippen molar-refractivity contribution in [2.45, 2.75) is 12.8 Å². The number of hydrogen-bond donors (Lipinski definition) is 2. The molecule has 0 bridgehead atoms. The maximum Gasteiger partial charge on any atom is 0.248 e. The van der Waals surface area contributed by atoms with Crippen molar-refractivity contribution >= 4 is 22.5 Å². The fourth-order valence-corrected chi connectivity index (χ4v) is 4.13. The lowest BCUT2D eigenvalue weighted by Gasteiger charge is -2.25. The first-order chi connectivity index (χ1) is 13.1. The Morgan fingerprint density at radius 2 is 2.26 bits per heavy atom. The molecule has 1 atom stereocenters. The maximum atomic E-state index is 12.2. The summed E-state index contributed by atoms with van der Waals surface area (Å²) in [6, 6.07) is 9.93. The molecule has 0 radical (unpaired) electrons. The van der Waals surface area contributed by atoms with Gasteiger partial charge in [-0.05, 0) is 31.1 Å². The lowest BCUT2D eigenvalue weighted by molar-refractivity contribution is -0.134. The molecule has 1 unspecified atom stereocenters. The molecule has 2 aliphatic rings. The van der Waals surface area contributed by atoms with E-state index in [4.69, 9.17) is 10.1 Å². The zero-order chi connectivity index (χ0) is 18.9. The zero-order valence-corrected chi connectivity index (χ0v) is 15.5. The third kappa shape index (κ3) is 3.32. The van der Waals surface area contributed by atoms with Crippen LogP contribution in [0.2, 0.25) is 0 Å². The average Bonchev–Trinajstić information content (AvgIpc) is 3.29. The second-order valence-corrected chi connectivity index (χ2v) is 7.34. The Hall–Kier alpha value is -2.73. The van der Waals surface area contributed by atoms with Crippen molar-refractivity contribution in [3.63, 3.8) is 0 Å². The van der Waals surface area contributed by atoms with Crippen LogP contribution in [-0.4, -0.2) is 54.9 Å². The molecule has 1 amide bonds. The van der Waals surface area contributed by atoms with Crippen LogP contribution in [0.25, 0.3) is 10.9 Å². The first-order valence-electron chi connectivity index (χ1n) is 9.28. The van der Waals surface area contributed by atoms with Crippen molar-refractivity contribution < 1.29 is 9.53 Å². The molecule has 140 valence electrons. The van der Waals surface area contributed by atoms with Gasteiger partial charge in [0, 0.05) is 55.0 Å². The Morgan fingerprint density at radius 3 is 3.11 bits per heavy atom. The second kappa shape index (κ2) is 7.12. The molecule has 1 spiro atoms. The van der Waals surface area contributed by atoms with E-state index in [0.29, 0.717) is 12.3 Å². The Bertz CT molecular complexity index is 923. The highest BCUT2D eigenvalue weighted by atomic mass is 16.5. The number of methoxy groups -OCH3 is 1. The molecule has 3 heterocycles. The fourth-order valence-electron chi connectivity index (χ4n) is 4.13. The summed E-state index contributed by atoms with van der Waals surface area (Å²) in [4.78, 5) is 18.5. The molecule has 2 N–H and O–H groups in total. The maximum absolute atomic E-state index is 12.2. The Kier molecular flexibility index (Phi) is 4.66. The smallest absolute Gasteiger partial charge is 0.248 e. The van der Waals surface area contributed by atoms with Gasteiger partial charge in [0.25, 0.3) is 0 Å². The van der Waals surface area contributed by atoms with Crippen LogP contribution >= 0.6 is 0 Å². The molecule has 2 aliphatic heterocycles. The minimum absolute atomic E-state index is 0.0365. The number of carbonyl (C=O) groups excluding carboxylic acids is 1. The lowest BCUT2D eigenvalue weighted by atomic mass is 9.82. The summed E-state index contributed by atoms with van der Waals surface area (Å²) in [7, 11) is 1.55. The summed E-state index contributed by atoms with van der Waals surface area (Å²) in [5, 5.41) is 13.0. The lowest BCUT2D eigenvalue weighted by Crippen LogP contribution is -2.34. The van der Waals surface area contributed by atoms with Crippen LogP contribution in [-0.2, 0) is 9.53 Å². The molecule has 4 rings (SSSR count). The first-order valence-corrected chi connectivity index (χ1v) is 9.28. The van der Waals surface area contributed by atoms with Crippen LogP contribution in [0.3, 0.4) is 0 Å². The van der Waals surface area contributed by atoms with Crippen LogP contribution in [0.4, 0.5) is 0 Å². The highest BCUT2D eigenvalue weighted by Crippen LogP contribution is 2.43. The summed E-state index contributed by atoms with van der Waals surface area (Å²) in [5.74, 6) is 0.0365. The summed E-state index contributed by atoms with van der Waals surface area (Å²) in [5.41, 5.74) is 3.17. The number of allylic oxidation sites excluding steroid dienone is 1. The van der Waals surface area contributed by atoms with E-state index in [-0.39, 0.29) is 17.9 Å². The molecule has 27 heavy (non-hydrogen) atoms. The van der Waals surface area contributed by atoms with Gasteiger partial charge in [-0.1, -0.05) is 18.2 Å². The number of amides is 1. The van der Waals surface area contributed by atoms with E-state index in [1.165, 1.54) is 0 Å². The molecule has 0 saturated carbocycles. The number of nitrogens with one attached hydrogen (secondary N) is 2. The number of fused-ring (bicyclic) bond motifs is 1. The van der Waals surface area contributed by atoms with E-state index in [0.717, 1.165) is 48.1 Å². The van der Waals surface area contributed by atoms with Gasteiger partial charge in [-0.15, -0.1) is 0 Å². The van der Waals surface area contributed by atoms with E-state index < -0.39 is 0 Å². The molecule has 2 saturated heterocycles. The fraction of sp³-hybridized carbons (Fsp3) is 0.381. The minimum Gasteiger partial charge on any atom is -0.388 e. The van der Waals surface area contributed by atoms with Crippen LogP contribution in [0.1, 0.15) is 18.4 Å². The second-order valence-electron chi connectivity index (χ2n) is 7.34. The van der Waals surface area contributed by atoms with Gasteiger partial charge in [-0.25, -0.2) is 0 Å². The molecule has 1 aromatic carbocycles. The highest BCUT2D eigenvalue weighted by Gasteiger charge is 2.45. The number of hydrogen-bond acceptors (Lipinski definition) is 5. The van der Waals surface area contributed by atoms with Gasteiger partial charge < -0.3 is 20.4 Å². The number of aromatic nitrogens is 1. The van der Waals surface area contributed by atoms with Crippen molar-refractivity contribution in [1.82, 2.24) is 15.2 Å². The van der Waals surface area contributed by atoms with Crippen molar-refractivity contribution in [3.8, 4) is 0 Å². The number of pyridine rings is 1. The molecular formula is C21H24N4O2. The van der Waals surface area contributed by atoms with E-state index >= 15 is 0 Å². The summed E-state index contributed by atoms with van der Waals surface area (Å²) in [6.45, 7) is 2.44. The number of nitrogens with zero attached hydrogens (tertiary/aromatic N) is 2. The van der Waals surface area contributed by atoms with Crippen molar-refractivity contribution in [2.75, 3.05) is 33.4 Å². The molecule has 2 aromatic rings. The molecule has 6 heteroatoms. The third-order valence-electron chi connectivity index (χ3n) is 5.65. The van der Waals surface area contributed by atoms with Crippen molar-refractivity contribution in [2.24, 2.45) is 5.41 Å². The van der Waals surface area contributed by atoms with E-state index in [1.807, 2.05) is 41.3 Å². The van der Waals surface area contributed by atoms with Gasteiger partial charge in [-0.3, -0.25) is 9.78 Å². The van der Waals surface area contributed by atoms with Crippen LogP contribution in [0.15, 0.2) is 48.3 Å². The SMILES string of the molecule is COCC(=O)N1CCC2(CCN/C2=C\C(=N)c2cnc3ccccc3c2)C1. The van der Waals surface area contributed by atoms with Crippen LogP contribution in [0, 0.1) is 10.8 Å². The number of likely N-dealkylation sites (tertiary alicyclic amines) is 1. The standard InChI is InChI=1S/C21H24N4O2/c1-27-13-20(26)25-9-7-21(14-25)6-8-23-19(21)11-17(22)16-10-15-4-2-3-5-18(15)24-12-16/h2-5,10-12,22-23H,6-9,13-14H2,1H3/b19-11-,22-17?. The third-order valence-corrected chi connectivity index (χ3v) is 5.65. The number of para-hydroxylation sites is 1. The Morgan fingerprint density at radius 1 is 1.41 bits per heavy atom.